The second-order valence-corrected chi connectivity index (χ2v) is 2.06. The molecule has 0 aliphatic carbocycles. The van der Waals surface area contributed by atoms with Gasteiger partial charge in [-0.1, -0.05) is 0 Å². The minimum Gasteiger partial charge on any atom is -0.368 e. The van der Waals surface area contributed by atoms with E-state index >= 15 is 0 Å². The number of halogens is 1. The zero-order valence-corrected chi connectivity index (χ0v) is 6.15. The van der Waals surface area contributed by atoms with Crippen LogP contribution in [0.4, 0.5) is 0 Å². The van der Waals surface area contributed by atoms with Gasteiger partial charge in [-0.2, -0.15) is 0 Å². The highest BCUT2D eigenvalue weighted by Crippen LogP contribution is 1.82. The Labute approximate surface area is 63.7 Å². The van der Waals surface area contributed by atoms with Crippen molar-refractivity contribution in [3.63, 3.8) is 0 Å². The molecule has 0 fully saturated rings. The van der Waals surface area contributed by atoms with Crippen molar-refractivity contribution >= 4 is 23.4 Å². The Hall–Kier alpha value is -0.770. The fourth-order valence-corrected chi connectivity index (χ4v) is 0.532. The summed E-state index contributed by atoms with van der Waals surface area (Å²) in [5, 5.41) is 2.29. The first-order valence-corrected chi connectivity index (χ1v) is 3.31. The van der Waals surface area contributed by atoms with Gasteiger partial charge in [-0.05, 0) is 0 Å². The molecule has 0 radical (unpaired) electrons. The molecule has 0 unspecified atom stereocenters. The average Bonchev–Trinajstić information content (AvgIpc) is 1.85. The van der Waals surface area contributed by atoms with Gasteiger partial charge in [-0.3, -0.25) is 9.59 Å². The second-order valence-electron chi connectivity index (χ2n) is 1.68. The van der Waals surface area contributed by atoms with Crippen molar-refractivity contribution in [1.29, 1.82) is 0 Å². The van der Waals surface area contributed by atoms with Gasteiger partial charge >= 0.3 is 0 Å². The zero-order valence-electron chi connectivity index (χ0n) is 5.39. The van der Waals surface area contributed by atoms with Crippen LogP contribution in [0.3, 0.4) is 0 Å². The van der Waals surface area contributed by atoms with E-state index in [1.807, 2.05) is 0 Å². The Morgan fingerprint density at radius 3 is 2.50 bits per heavy atom. The molecular formula is C5H9ClN2O2. The number of hydrogen-bond donors (Lipinski definition) is 2. The Kier molecular flexibility index (Phi) is 4.66. The third-order valence-electron chi connectivity index (χ3n) is 0.781. The van der Waals surface area contributed by atoms with Crippen LogP contribution in [0.25, 0.3) is 0 Å². The Morgan fingerprint density at radius 2 is 2.10 bits per heavy atom. The maximum absolute atomic E-state index is 10.5. The van der Waals surface area contributed by atoms with E-state index in [0.29, 0.717) is 0 Å². The van der Waals surface area contributed by atoms with E-state index in [9.17, 15) is 9.59 Å². The van der Waals surface area contributed by atoms with Gasteiger partial charge in [0, 0.05) is 12.3 Å². The fraction of sp³-hybridized carbons (Fsp3) is 0.600. The third-order valence-corrected chi connectivity index (χ3v) is 0.970. The third kappa shape index (κ3) is 5.37. The summed E-state index contributed by atoms with van der Waals surface area (Å²) in [5.74, 6) is -0.554. The summed E-state index contributed by atoms with van der Waals surface area (Å²) < 4.78 is 0. The molecule has 58 valence electrons. The largest absolute Gasteiger partial charge is 0.368 e. The van der Waals surface area contributed by atoms with Crippen LogP contribution in [0.2, 0.25) is 0 Å². The number of hydrogen-bond acceptors (Lipinski definition) is 2. The van der Waals surface area contributed by atoms with Crippen LogP contribution < -0.4 is 11.1 Å². The number of carbonyl (C=O) groups excluding carboxylic acids is 2. The van der Waals surface area contributed by atoms with E-state index in [1.54, 1.807) is 0 Å². The predicted octanol–water partition coefficient (Wildman–Crippen LogP) is -0.783. The molecule has 10 heavy (non-hydrogen) atoms. The molecule has 0 aliphatic rings. The van der Waals surface area contributed by atoms with Gasteiger partial charge in [-0.25, -0.2) is 0 Å². The maximum atomic E-state index is 10.5. The summed E-state index contributed by atoms with van der Waals surface area (Å²) in [7, 11) is 0. The van der Waals surface area contributed by atoms with E-state index in [1.165, 1.54) is 0 Å². The molecule has 3 N–H and O–H groups in total. The predicted molar refractivity (Wildman–Crippen MR) is 37.5 cm³/mol. The van der Waals surface area contributed by atoms with Crippen LogP contribution in [-0.2, 0) is 9.59 Å². The van der Waals surface area contributed by atoms with Gasteiger partial charge < -0.3 is 11.1 Å². The highest BCUT2D eigenvalue weighted by Gasteiger charge is 1.99. The molecule has 0 aromatic carbocycles. The van der Waals surface area contributed by atoms with Gasteiger partial charge in [0.25, 0.3) is 0 Å². The molecule has 0 atom stereocenters. The molecule has 0 saturated heterocycles. The van der Waals surface area contributed by atoms with Crippen LogP contribution in [0.5, 0.6) is 0 Å². The van der Waals surface area contributed by atoms with Gasteiger partial charge in [0.15, 0.2) is 0 Å². The Bertz CT molecular complexity index is 138. The normalized spacial score (nSPS) is 8.90. The van der Waals surface area contributed by atoms with Crippen LogP contribution in [0.15, 0.2) is 0 Å². The van der Waals surface area contributed by atoms with Crippen molar-refractivity contribution in [3.05, 3.63) is 0 Å². The molecule has 2 amide bonds. The van der Waals surface area contributed by atoms with Crippen molar-refractivity contribution in [1.82, 2.24) is 5.32 Å². The smallest absolute Gasteiger partial charge is 0.236 e. The summed E-state index contributed by atoms with van der Waals surface area (Å²) in [6.07, 6.45) is 0.217. The average molecular weight is 165 g/mol. The van der Waals surface area contributed by atoms with E-state index in [0.717, 1.165) is 0 Å². The number of nitrogens with one attached hydrogen (secondary N) is 1. The van der Waals surface area contributed by atoms with Gasteiger partial charge in [-0.15, -0.1) is 11.6 Å². The lowest BCUT2D eigenvalue weighted by Crippen LogP contribution is -2.33. The van der Waals surface area contributed by atoms with E-state index in [-0.39, 0.29) is 24.8 Å². The summed E-state index contributed by atoms with van der Waals surface area (Å²) in [4.78, 5) is 20.6. The summed E-state index contributed by atoms with van der Waals surface area (Å²) >= 11 is 5.23. The van der Waals surface area contributed by atoms with Crippen molar-refractivity contribution in [2.75, 3.05) is 12.4 Å². The number of rotatable bonds is 4. The summed E-state index contributed by atoms with van der Waals surface area (Å²) in [6.45, 7) is -0.115. The molecule has 0 aliphatic heterocycles. The van der Waals surface area contributed by atoms with Crippen molar-refractivity contribution in [2.45, 2.75) is 6.42 Å². The molecule has 0 heterocycles. The second kappa shape index (κ2) is 5.05. The minimum absolute atomic E-state index is 0.115. The molecule has 0 spiro atoms. The van der Waals surface area contributed by atoms with Crippen LogP contribution in [0, 0.1) is 0 Å². The monoisotopic (exact) mass is 164 g/mol. The molecule has 5 heteroatoms. The minimum atomic E-state index is -0.553. The van der Waals surface area contributed by atoms with Crippen molar-refractivity contribution in [3.8, 4) is 0 Å². The topological polar surface area (TPSA) is 72.2 Å². The number of primary amides is 1. The lowest BCUT2D eigenvalue weighted by molar-refractivity contribution is -0.124. The van der Waals surface area contributed by atoms with Gasteiger partial charge in [0.05, 0.1) is 6.54 Å². The van der Waals surface area contributed by atoms with Crippen LogP contribution in [-0.4, -0.2) is 24.2 Å². The summed E-state index contributed by atoms with van der Waals surface area (Å²) in [6, 6.07) is 0. The highest BCUT2D eigenvalue weighted by atomic mass is 35.5. The van der Waals surface area contributed by atoms with Crippen LogP contribution in [0.1, 0.15) is 6.42 Å². The molecule has 4 nitrogen and oxygen atoms in total. The Balaban J connectivity index is 3.30. The fourth-order valence-electron chi connectivity index (χ4n) is 0.360. The number of amides is 2. The molecule has 0 saturated carbocycles. The first kappa shape index (κ1) is 9.23. The standard InChI is InChI=1S/C5H9ClN2O2/c6-2-1-5(10)8-3-4(7)9/h1-3H2,(H2,7,9)(H,8,10). The zero-order chi connectivity index (χ0) is 7.98. The van der Waals surface area contributed by atoms with Crippen molar-refractivity contribution in [2.24, 2.45) is 5.73 Å². The number of nitrogens with two attached hydrogens (primary N) is 1. The number of alkyl halides is 1. The van der Waals surface area contributed by atoms with Crippen LogP contribution >= 0.6 is 11.6 Å². The summed E-state index contributed by atoms with van der Waals surface area (Å²) in [5.41, 5.74) is 4.75. The van der Waals surface area contributed by atoms with Gasteiger partial charge in [0.1, 0.15) is 0 Å². The highest BCUT2D eigenvalue weighted by molar-refractivity contribution is 6.18. The number of carbonyl (C=O) groups is 2. The molecule has 0 aromatic heterocycles. The maximum Gasteiger partial charge on any atom is 0.236 e. The Morgan fingerprint density at radius 1 is 1.50 bits per heavy atom. The molecule has 0 bridgehead atoms. The van der Waals surface area contributed by atoms with Gasteiger partial charge in [0.2, 0.25) is 11.8 Å². The lowest BCUT2D eigenvalue weighted by atomic mass is 10.4. The van der Waals surface area contributed by atoms with E-state index < -0.39 is 5.91 Å². The van der Waals surface area contributed by atoms with E-state index in [4.69, 9.17) is 17.3 Å². The van der Waals surface area contributed by atoms with E-state index in [2.05, 4.69) is 5.32 Å². The quantitative estimate of drug-likeness (QED) is 0.535. The molecule has 0 rings (SSSR count). The molecule has 0 aromatic rings. The molecular weight excluding hydrogens is 156 g/mol. The SMILES string of the molecule is NC(=O)CNC(=O)CCCl. The lowest BCUT2D eigenvalue weighted by Gasteiger charge is -1.98. The first-order valence-electron chi connectivity index (χ1n) is 2.77. The first-order chi connectivity index (χ1) is 4.66. The van der Waals surface area contributed by atoms with Crippen molar-refractivity contribution < 1.29 is 9.59 Å².